The molecule has 3 rings (SSSR count). The van der Waals surface area contributed by atoms with Crippen molar-refractivity contribution in [3.05, 3.63) is 27.2 Å². The molecule has 2 nitrogen and oxygen atoms in total. The zero-order chi connectivity index (χ0) is 15.0. The third kappa shape index (κ3) is 2.95. The van der Waals surface area contributed by atoms with Crippen LogP contribution in [-0.2, 0) is 0 Å². The van der Waals surface area contributed by atoms with Crippen LogP contribution in [0.2, 0.25) is 0 Å². The van der Waals surface area contributed by atoms with Crippen molar-refractivity contribution in [3.63, 3.8) is 0 Å². The van der Waals surface area contributed by atoms with E-state index in [4.69, 9.17) is 12.2 Å². The lowest BCUT2D eigenvalue weighted by atomic mass is 9.83. The summed E-state index contributed by atoms with van der Waals surface area (Å²) in [5, 5.41) is 0. The van der Waals surface area contributed by atoms with E-state index >= 15 is 0 Å². The van der Waals surface area contributed by atoms with E-state index in [1.54, 1.807) is 0 Å². The van der Waals surface area contributed by atoms with Crippen molar-refractivity contribution in [2.24, 2.45) is 5.92 Å². The molecule has 1 saturated carbocycles. The van der Waals surface area contributed by atoms with E-state index in [2.05, 4.69) is 32.4 Å². The Bertz CT molecular complexity index is 698. The normalized spacial score (nSPS) is 22.8. The van der Waals surface area contributed by atoms with Crippen molar-refractivity contribution < 1.29 is 4.39 Å². The summed E-state index contributed by atoms with van der Waals surface area (Å²) in [6, 6.07) is 3.81. The van der Waals surface area contributed by atoms with Gasteiger partial charge >= 0.3 is 0 Å². The molecule has 0 aliphatic heterocycles. The molecular formula is C16H20BrFN2S. The summed E-state index contributed by atoms with van der Waals surface area (Å²) in [5.41, 5.74) is 1.79. The topological polar surface area (TPSA) is 20.7 Å². The second-order valence-corrected chi connectivity index (χ2v) is 7.29. The largest absolute Gasteiger partial charge is 0.330 e. The van der Waals surface area contributed by atoms with Crippen LogP contribution in [0.25, 0.3) is 11.0 Å². The fourth-order valence-electron chi connectivity index (χ4n) is 3.58. The quantitative estimate of drug-likeness (QED) is 0.644. The van der Waals surface area contributed by atoms with Gasteiger partial charge in [0.25, 0.3) is 0 Å². The smallest absolute Gasteiger partial charge is 0.178 e. The van der Waals surface area contributed by atoms with Gasteiger partial charge in [-0.2, -0.15) is 0 Å². The van der Waals surface area contributed by atoms with E-state index in [0.29, 0.717) is 15.3 Å². The van der Waals surface area contributed by atoms with E-state index in [0.717, 1.165) is 17.0 Å². The summed E-state index contributed by atoms with van der Waals surface area (Å²) in [6.07, 6.45) is 7.49. The Morgan fingerprint density at radius 1 is 1.33 bits per heavy atom. The number of nitrogens with one attached hydrogen (secondary N) is 1. The minimum atomic E-state index is -0.252. The summed E-state index contributed by atoms with van der Waals surface area (Å²) < 4.78 is 17.1. The Labute approximate surface area is 137 Å². The maximum atomic E-state index is 13.7. The molecule has 0 radical (unpaired) electrons. The van der Waals surface area contributed by atoms with Crippen molar-refractivity contribution in [1.82, 2.24) is 9.55 Å². The van der Waals surface area contributed by atoms with Gasteiger partial charge in [-0.25, -0.2) is 4.39 Å². The highest BCUT2D eigenvalue weighted by Gasteiger charge is 2.24. The van der Waals surface area contributed by atoms with Gasteiger partial charge in [-0.05, 0) is 65.8 Å². The number of aromatic nitrogens is 2. The Balaban J connectivity index is 1.92. The molecule has 0 amide bonds. The van der Waals surface area contributed by atoms with E-state index in [-0.39, 0.29) is 5.82 Å². The van der Waals surface area contributed by atoms with Gasteiger partial charge in [0.15, 0.2) is 4.77 Å². The highest BCUT2D eigenvalue weighted by Crippen LogP contribution is 2.37. The number of imidazole rings is 1. The van der Waals surface area contributed by atoms with E-state index in [1.807, 2.05) is 6.07 Å². The molecule has 0 bridgehead atoms. The molecule has 1 aliphatic rings. The lowest BCUT2D eigenvalue weighted by molar-refractivity contribution is 0.264. The Kier molecular flexibility index (Phi) is 4.50. The first-order valence-corrected chi connectivity index (χ1v) is 8.89. The van der Waals surface area contributed by atoms with Crippen molar-refractivity contribution in [3.8, 4) is 0 Å². The molecule has 0 saturated heterocycles. The van der Waals surface area contributed by atoms with Crippen LogP contribution in [-0.4, -0.2) is 9.55 Å². The molecule has 5 heteroatoms. The van der Waals surface area contributed by atoms with E-state index in [9.17, 15) is 4.39 Å². The second-order valence-electron chi connectivity index (χ2n) is 6.05. The van der Waals surface area contributed by atoms with E-state index in [1.165, 1.54) is 44.6 Å². The van der Waals surface area contributed by atoms with Crippen molar-refractivity contribution in [2.75, 3.05) is 0 Å². The molecule has 2 aromatic rings. The van der Waals surface area contributed by atoms with Crippen molar-refractivity contribution in [1.29, 1.82) is 0 Å². The lowest BCUT2D eigenvalue weighted by Crippen LogP contribution is -2.18. The highest BCUT2D eigenvalue weighted by atomic mass is 79.9. The van der Waals surface area contributed by atoms with Crippen LogP contribution in [0.5, 0.6) is 0 Å². The van der Waals surface area contributed by atoms with Gasteiger partial charge in [0.2, 0.25) is 0 Å². The number of benzene rings is 1. The molecule has 0 spiro atoms. The Morgan fingerprint density at radius 3 is 2.71 bits per heavy atom. The third-order valence-corrected chi connectivity index (χ3v) is 5.54. The molecule has 1 aromatic heterocycles. The highest BCUT2D eigenvalue weighted by molar-refractivity contribution is 9.10. The molecule has 1 fully saturated rings. The van der Waals surface area contributed by atoms with Gasteiger partial charge in [-0.1, -0.05) is 19.8 Å². The predicted octanol–water partition coefficient (Wildman–Crippen LogP) is 6.13. The molecule has 1 aromatic carbocycles. The maximum Gasteiger partial charge on any atom is 0.178 e. The van der Waals surface area contributed by atoms with Crippen LogP contribution < -0.4 is 0 Å². The summed E-state index contributed by atoms with van der Waals surface area (Å²) in [7, 11) is 0. The zero-order valence-electron chi connectivity index (χ0n) is 12.2. The molecule has 1 aliphatic carbocycles. The SMILES string of the molecule is CCCC1CCC(n2c(=S)[nH]c3cc(F)c(Br)cc32)CC1. The van der Waals surface area contributed by atoms with Crippen molar-refractivity contribution in [2.45, 2.75) is 51.5 Å². The Hall–Kier alpha value is -0.680. The standard InChI is InChI=1S/C16H20BrFN2S/c1-2-3-10-4-6-11(7-5-10)20-15-8-12(17)13(18)9-14(15)19-16(20)21/h8-11H,2-7H2,1H3,(H,19,21). The number of halogens is 2. The second kappa shape index (κ2) is 6.21. The lowest BCUT2D eigenvalue weighted by Gasteiger charge is -2.29. The maximum absolute atomic E-state index is 13.7. The predicted molar refractivity (Wildman–Crippen MR) is 90.7 cm³/mol. The van der Waals surface area contributed by atoms with Gasteiger partial charge in [0, 0.05) is 12.1 Å². The third-order valence-electron chi connectivity index (χ3n) is 4.64. The van der Waals surface area contributed by atoms with Gasteiger partial charge in [0.1, 0.15) is 5.82 Å². The molecule has 1 heterocycles. The number of nitrogens with zero attached hydrogens (tertiary/aromatic N) is 1. The van der Waals surface area contributed by atoms with Gasteiger partial charge < -0.3 is 9.55 Å². The number of aromatic amines is 1. The molecule has 21 heavy (non-hydrogen) atoms. The monoisotopic (exact) mass is 370 g/mol. The van der Waals surface area contributed by atoms with Crippen LogP contribution in [0.3, 0.4) is 0 Å². The first-order chi connectivity index (χ1) is 10.1. The number of hydrogen-bond donors (Lipinski definition) is 1. The van der Waals surface area contributed by atoms with Crippen molar-refractivity contribution >= 4 is 39.2 Å². The Morgan fingerprint density at radius 2 is 2.05 bits per heavy atom. The summed E-state index contributed by atoms with van der Waals surface area (Å²) >= 11 is 8.75. The number of H-pyrrole nitrogens is 1. The molecule has 1 N–H and O–H groups in total. The molecular weight excluding hydrogens is 351 g/mol. The van der Waals surface area contributed by atoms with Crippen LogP contribution in [0.4, 0.5) is 4.39 Å². The minimum Gasteiger partial charge on any atom is -0.330 e. The van der Waals surface area contributed by atoms with Gasteiger partial charge in [-0.3, -0.25) is 0 Å². The first-order valence-electron chi connectivity index (χ1n) is 7.69. The summed E-state index contributed by atoms with van der Waals surface area (Å²) in [6.45, 7) is 2.26. The molecule has 0 unspecified atom stereocenters. The number of fused-ring (bicyclic) bond motifs is 1. The van der Waals surface area contributed by atoms with Crippen LogP contribution in [0, 0.1) is 16.5 Å². The summed E-state index contributed by atoms with van der Waals surface area (Å²) in [5.74, 6) is 0.618. The number of rotatable bonds is 3. The zero-order valence-corrected chi connectivity index (χ0v) is 14.6. The molecule has 0 atom stereocenters. The first kappa shape index (κ1) is 15.2. The average Bonchev–Trinajstić information content (AvgIpc) is 2.76. The summed E-state index contributed by atoms with van der Waals surface area (Å²) in [4.78, 5) is 3.15. The average molecular weight is 371 g/mol. The fraction of sp³-hybridized carbons (Fsp3) is 0.562. The fourth-order valence-corrected chi connectivity index (χ4v) is 4.27. The van der Waals surface area contributed by atoms with Crippen LogP contribution in [0.15, 0.2) is 16.6 Å². The van der Waals surface area contributed by atoms with Crippen LogP contribution >= 0.6 is 28.1 Å². The minimum absolute atomic E-state index is 0.252. The van der Waals surface area contributed by atoms with Crippen LogP contribution in [0.1, 0.15) is 51.5 Å². The van der Waals surface area contributed by atoms with Gasteiger partial charge in [0.05, 0.1) is 15.5 Å². The van der Waals surface area contributed by atoms with E-state index < -0.39 is 0 Å². The molecule has 114 valence electrons. The number of hydrogen-bond acceptors (Lipinski definition) is 1. The van der Waals surface area contributed by atoms with Gasteiger partial charge in [-0.15, -0.1) is 0 Å².